The number of nitrogens with one attached hydrogen (secondary N) is 1. The monoisotopic (exact) mass is 446 g/mol. The predicted octanol–water partition coefficient (Wildman–Crippen LogP) is 3.94. The van der Waals surface area contributed by atoms with Crippen molar-refractivity contribution < 1.29 is 14.3 Å². The Morgan fingerprint density at radius 3 is 2.32 bits per heavy atom. The number of aromatic nitrogens is 1. The van der Waals surface area contributed by atoms with Gasteiger partial charge in [-0.25, -0.2) is 9.59 Å². The molecule has 1 saturated heterocycles. The van der Waals surface area contributed by atoms with Crippen molar-refractivity contribution >= 4 is 23.6 Å². The van der Waals surface area contributed by atoms with E-state index in [0.717, 1.165) is 11.3 Å². The molecule has 0 saturated carbocycles. The third-order valence-electron chi connectivity index (χ3n) is 5.53. The first kappa shape index (κ1) is 23.2. The lowest BCUT2D eigenvalue weighted by molar-refractivity contribution is 0.0524. The van der Waals surface area contributed by atoms with E-state index in [4.69, 9.17) is 16.3 Å². The molecule has 1 aromatic carbocycles. The fourth-order valence-electron chi connectivity index (χ4n) is 4.09. The Hall–Kier alpha value is -2.51. The van der Waals surface area contributed by atoms with Crippen LogP contribution >= 0.6 is 11.6 Å². The molecular weight excluding hydrogens is 416 g/mol. The molecule has 1 aliphatic rings. The van der Waals surface area contributed by atoms with E-state index < -0.39 is 0 Å². The van der Waals surface area contributed by atoms with Gasteiger partial charge in [0.1, 0.15) is 0 Å². The molecule has 0 spiro atoms. The summed E-state index contributed by atoms with van der Waals surface area (Å²) in [7, 11) is 3.59. The molecule has 1 atom stereocenters. The lowest BCUT2D eigenvalue weighted by atomic mass is 9.98. The molecule has 1 N–H and O–H groups in total. The number of carbonyl (C=O) groups is 2. The lowest BCUT2D eigenvalue weighted by Crippen LogP contribution is -2.57. The number of carbonyl (C=O) groups excluding carboxylic acids is 2. The fraction of sp³-hybridized carbons (Fsp3) is 0.478. The molecule has 1 aromatic heterocycles. The van der Waals surface area contributed by atoms with E-state index in [9.17, 15) is 9.59 Å². The van der Waals surface area contributed by atoms with Crippen LogP contribution in [0.15, 0.2) is 36.5 Å². The smallest absolute Gasteiger partial charge is 0.340 e. The number of amides is 2. The Kier molecular flexibility index (Phi) is 7.28. The summed E-state index contributed by atoms with van der Waals surface area (Å²) in [5, 5.41) is 4.35. The van der Waals surface area contributed by atoms with Crippen molar-refractivity contribution in [3.05, 3.63) is 58.4 Å². The molecule has 1 aliphatic heterocycles. The predicted molar refractivity (Wildman–Crippen MR) is 122 cm³/mol. The van der Waals surface area contributed by atoms with Gasteiger partial charge in [0.05, 0.1) is 23.9 Å². The number of esters is 1. The average molecular weight is 447 g/mol. The Labute approximate surface area is 188 Å². The minimum absolute atomic E-state index is 0.00105. The summed E-state index contributed by atoms with van der Waals surface area (Å²) >= 11 is 6.14. The molecule has 7 nitrogen and oxygen atoms in total. The second-order valence-corrected chi connectivity index (χ2v) is 8.66. The third-order valence-corrected chi connectivity index (χ3v) is 5.78. The maximum Gasteiger partial charge on any atom is 0.340 e. The Morgan fingerprint density at radius 2 is 1.77 bits per heavy atom. The van der Waals surface area contributed by atoms with Crippen LogP contribution in [-0.4, -0.2) is 66.2 Å². The second kappa shape index (κ2) is 9.75. The number of hydrogen-bond acceptors (Lipinski definition) is 4. The van der Waals surface area contributed by atoms with Crippen LogP contribution in [0.2, 0.25) is 5.02 Å². The molecule has 2 amide bonds. The van der Waals surface area contributed by atoms with Gasteiger partial charge in [-0.1, -0.05) is 23.7 Å². The summed E-state index contributed by atoms with van der Waals surface area (Å²) in [6.45, 7) is 7.42. The largest absolute Gasteiger partial charge is 0.462 e. The van der Waals surface area contributed by atoms with Crippen LogP contribution in [0.25, 0.3) is 0 Å². The van der Waals surface area contributed by atoms with Gasteiger partial charge >= 0.3 is 12.0 Å². The van der Waals surface area contributed by atoms with E-state index in [-0.39, 0.29) is 30.1 Å². The highest BCUT2D eigenvalue weighted by atomic mass is 35.5. The van der Waals surface area contributed by atoms with E-state index in [1.807, 2.05) is 36.5 Å². The molecule has 1 unspecified atom stereocenters. The summed E-state index contributed by atoms with van der Waals surface area (Å²) in [6, 6.07) is 9.32. The van der Waals surface area contributed by atoms with E-state index in [1.54, 1.807) is 30.8 Å². The van der Waals surface area contributed by atoms with E-state index in [1.165, 1.54) is 0 Å². The summed E-state index contributed by atoms with van der Waals surface area (Å²) in [5.41, 5.74) is 2.37. The normalized spacial score (nSPS) is 16.2. The highest BCUT2D eigenvalue weighted by Gasteiger charge is 2.32. The van der Waals surface area contributed by atoms with E-state index >= 15 is 0 Å². The molecule has 0 aliphatic carbocycles. The van der Waals surface area contributed by atoms with Gasteiger partial charge < -0.3 is 19.1 Å². The lowest BCUT2D eigenvalue weighted by Gasteiger charge is -2.39. The van der Waals surface area contributed by atoms with Gasteiger partial charge in [0.2, 0.25) is 0 Å². The van der Waals surface area contributed by atoms with Crippen LogP contribution in [0.1, 0.15) is 54.5 Å². The summed E-state index contributed by atoms with van der Waals surface area (Å²) in [4.78, 5) is 28.4. The summed E-state index contributed by atoms with van der Waals surface area (Å²) in [5.74, 6) is -0.342. The van der Waals surface area contributed by atoms with Crippen molar-refractivity contribution in [1.82, 2.24) is 19.7 Å². The number of likely N-dealkylation sites (N-methyl/N-ethyl adjacent to an activating group) is 2. The Morgan fingerprint density at radius 1 is 1.16 bits per heavy atom. The van der Waals surface area contributed by atoms with Gasteiger partial charge in [-0.2, -0.15) is 0 Å². The number of rotatable bonds is 7. The number of ether oxygens (including phenoxy) is 1. The first-order valence-corrected chi connectivity index (χ1v) is 11.0. The van der Waals surface area contributed by atoms with Crippen LogP contribution in [0.3, 0.4) is 0 Å². The highest BCUT2D eigenvalue weighted by Crippen LogP contribution is 2.31. The number of nitrogens with zero attached hydrogens (tertiary/aromatic N) is 3. The van der Waals surface area contributed by atoms with Crippen LogP contribution in [-0.2, 0) is 4.74 Å². The Bertz CT molecular complexity index is 911. The number of halogens is 1. The zero-order valence-corrected chi connectivity index (χ0v) is 19.5. The molecule has 0 radical (unpaired) electrons. The maximum absolute atomic E-state index is 12.8. The average Bonchev–Trinajstić information content (AvgIpc) is 3.16. The van der Waals surface area contributed by atoms with Gasteiger partial charge in [0.15, 0.2) is 0 Å². The Balaban J connectivity index is 2.07. The van der Waals surface area contributed by atoms with E-state index in [2.05, 4.69) is 23.7 Å². The standard InChI is InChI=1S/C23H31ClN4O3/c1-6-31-22(29)19-11-12-28(15(2)3)21(19)20(16-7-9-17(24)10-8-16)25-18-13-26(4)23(30)27(5)14-18/h7-12,15,18,20,25H,6,13-14H2,1-5H3. The number of hydrogen-bond donors (Lipinski definition) is 1. The SMILES string of the molecule is CCOC(=O)c1ccn(C(C)C)c1C(NC1CN(C)C(=O)N(C)C1)c1ccc(Cl)cc1. The summed E-state index contributed by atoms with van der Waals surface area (Å²) in [6.07, 6.45) is 1.93. The van der Waals surface area contributed by atoms with Crippen LogP contribution < -0.4 is 5.32 Å². The minimum atomic E-state index is -0.342. The van der Waals surface area contributed by atoms with Gasteiger partial charge in [-0.15, -0.1) is 0 Å². The number of urea groups is 1. The molecular formula is C23H31ClN4O3. The maximum atomic E-state index is 12.8. The number of benzene rings is 1. The fourth-order valence-corrected chi connectivity index (χ4v) is 4.22. The summed E-state index contributed by atoms with van der Waals surface area (Å²) < 4.78 is 7.44. The van der Waals surface area contributed by atoms with Crippen LogP contribution in [0.5, 0.6) is 0 Å². The first-order chi connectivity index (χ1) is 14.7. The van der Waals surface area contributed by atoms with Gasteiger partial charge in [-0.3, -0.25) is 5.32 Å². The van der Waals surface area contributed by atoms with Crippen molar-refractivity contribution in [3.8, 4) is 0 Å². The molecule has 168 valence electrons. The van der Waals surface area contributed by atoms with Crippen molar-refractivity contribution in [2.45, 2.75) is 38.9 Å². The van der Waals surface area contributed by atoms with Crippen LogP contribution in [0, 0.1) is 0 Å². The minimum Gasteiger partial charge on any atom is -0.462 e. The first-order valence-electron chi connectivity index (χ1n) is 10.6. The molecule has 2 aromatic rings. The van der Waals surface area contributed by atoms with E-state index in [0.29, 0.717) is 30.3 Å². The zero-order chi connectivity index (χ0) is 22.7. The van der Waals surface area contributed by atoms with Crippen molar-refractivity contribution in [3.63, 3.8) is 0 Å². The molecule has 2 heterocycles. The quantitative estimate of drug-likeness (QED) is 0.654. The molecule has 3 rings (SSSR count). The molecule has 31 heavy (non-hydrogen) atoms. The molecule has 0 bridgehead atoms. The molecule has 1 fully saturated rings. The van der Waals surface area contributed by atoms with Gasteiger partial charge in [0, 0.05) is 50.5 Å². The van der Waals surface area contributed by atoms with Crippen molar-refractivity contribution in [2.75, 3.05) is 33.8 Å². The third kappa shape index (κ3) is 5.05. The van der Waals surface area contributed by atoms with Gasteiger partial charge in [-0.05, 0) is 44.5 Å². The molecule has 8 heteroatoms. The van der Waals surface area contributed by atoms with Crippen molar-refractivity contribution in [1.29, 1.82) is 0 Å². The zero-order valence-electron chi connectivity index (χ0n) is 18.8. The second-order valence-electron chi connectivity index (χ2n) is 8.23. The van der Waals surface area contributed by atoms with Crippen molar-refractivity contribution in [2.24, 2.45) is 0 Å². The van der Waals surface area contributed by atoms with Gasteiger partial charge in [0.25, 0.3) is 0 Å². The topological polar surface area (TPSA) is 66.8 Å². The van der Waals surface area contributed by atoms with Crippen LogP contribution in [0.4, 0.5) is 4.79 Å². The highest BCUT2D eigenvalue weighted by molar-refractivity contribution is 6.30.